The van der Waals surface area contributed by atoms with Gasteiger partial charge in [0.05, 0.1) is 18.1 Å². The van der Waals surface area contributed by atoms with Gasteiger partial charge in [0.1, 0.15) is 0 Å². The normalized spacial score (nSPS) is 11.8. The molecule has 0 bridgehead atoms. The summed E-state index contributed by atoms with van der Waals surface area (Å²) in [5, 5.41) is 8.32. The Hall–Kier alpha value is -0.0900. The fraction of sp³-hybridized carbons (Fsp3) is 1.00. The van der Waals surface area contributed by atoms with Gasteiger partial charge in [0.2, 0.25) is 0 Å². The van der Waals surface area contributed by atoms with Crippen LogP contribution >= 0.6 is 0 Å². The third-order valence-electron chi connectivity index (χ3n) is 1.21. The summed E-state index contributed by atoms with van der Waals surface area (Å²) in [4.78, 5) is 0. The van der Waals surface area contributed by atoms with E-state index in [4.69, 9.17) is 5.11 Å². The van der Waals surface area contributed by atoms with Gasteiger partial charge >= 0.3 is 0 Å². The Kier molecular flexibility index (Phi) is 4.64. The monoisotopic (exact) mass is 166 g/mol. The summed E-state index contributed by atoms with van der Waals surface area (Å²) in [5.74, 6) is 0.122. The van der Waals surface area contributed by atoms with Gasteiger partial charge in [-0.05, 0) is 6.42 Å². The first-order chi connectivity index (χ1) is 4.62. The van der Waals surface area contributed by atoms with Crippen LogP contribution < -0.4 is 0 Å². The molecule has 0 fully saturated rings. The molecular formula is C6H14O3S. The van der Waals surface area contributed by atoms with Crippen LogP contribution in [0, 0.1) is 0 Å². The number of sulfone groups is 1. The molecule has 0 aliphatic rings. The summed E-state index contributed by atoms with van der Waals surface area (Å²) in [7, 11) is -2.94. The first-order valence-corrected chi connectivity index (χ1v) is 5.26. The highest BCUT2D eigenvalue weighted by Crippen LogP contribution is 1.95. The van der Waals surface area contributed by atoms with E-state index in [0.717, 1.165) is 6.42 Å². The van der Waals surface area contributed by atoms with Crippen molar-refractivity contribution in [2.45, 2.75) is 19.8 Å². The van der Waals surface area contributed by atoms with Crippen LogP contribution in [0.5, 0.6) is 0 Å². The first kappa shape index (κ1) is 9.91. The number of aliphatic hydroxyl groups is 1. The van der Waals surface area contributed by atoms with Crippen LogP contribution in [0.15, 0.2) is 0 Å². The molecule has 4 heteroatoms. The predicted molar refractivity (Wildman–Crippen MR) is 40.6 cm³/mol. The lowest BCUT2D eigenvalue weighted by Crippen LogP contribution is -2.13. The number of aliphatic hydroxyl groups excluding tert-OH is 1. The second kappa shape index (κ2) is 4.68. The molecule has 0 aromatic rings. The van der Waals surface area contributed by atoms with Crippen LogP contribution in [0.3, 0.4) is 0 Å². The lowest BCUT2D eigenvalue weighted by atomic mass is 10.4. The quantitative estimate of drug-likeness (QED) is 0.634. The van der Waals surface area contributed by atoms with E-state index < -0.39 is 9.84 Å². The van der Waals surface area contributed by atoms with E-state index in [-0.39, 0.29) is 18.1 Å². The van der Waals surface area contributed by atoms with Gasteiger partial charge in [-0.15, -0.1) is 0 Å². The highest BCUT2D eigenvalue weighted by atomic mass is 32.2. The molecule has 0 atom stereocenters. The molecule has 0 rings (SSSR count). The SMILES string of the molecule is CCCCS(=O)(=O)CCO. The van der Waals surface area contributed by atoms with Crippen LogP contribution in [0.1, 0.15) is 19.8 Å². The van der Waals surface area contributed by atoms with Crippen molar-refractivity contribution >= 4 is 9.84 Å². The average molecular weight is 166 g/mol. The fourth-order valence-corrected chi connectivity index (χ4v) is 1.82. The topological polar surface area (TPSA) is 54.4 Å². The molecule has 62 valence electrons. The van der Waals surface area contributed by atoms with Crippen LogP contribution in [0.2, 0.25) is 0 Å². The summed E-state index contributed by atoms with van der Waals surface area (Å²) < 4.78 is 21.7. The van der Waals surface area contributed by atoms with Gasteiger partial charge in [0.25, 0.3) is 0 Å². The molecule has 0 amide bonds. The van der Waals surface area contributed by atoms with Crippen molar-refractivity contribution in [2.75, 3.05) is 18.1 Å². The van der Waals surface area contributed by atoms with Crippen molar-refractivity contribution in [1.82, 2.24) is 0 Å². The van der Waals surface area contributed by atoms with E-state index in [1.165, 1.54) is 0 Å². The molecule has 0 heterocycles. The standard InChI is InChI=1S/C6H14O3S/c1-2-3-5-10(8,9)6-4-7/h7H,2-6H2,1H3. The van der Waals surface area contributed by atoms with E-state index in [1.54, 1.807) is 0 Å². The van der Waals surface area contributed by atoms with Gasteiger partial charge in [0, 0.05) is 0 Å². The minimum absolute atomic E-state index is 0.0903. The Morgan fingerprint density at radius 2 is 1.90 bits per heavy atom. The lowest BCUT2D eigenvalue weighted by Gasteiger charge is -1.98. The van der Waals surface area contributed by atoms with Crippen LogP contribution in [-0.2, 0) is 9.84 Å². The molecule has 10 heavy (non-hydrogen) atoms. The van der Waals surface area contributed by atoms with Gasteiger partial charge in [-0.3, -0.25) is 0 Å². The molecule has 0 aromatic heterocycles. The smallest absolute Gasteiger partial charge is 0.152 e. The highest BCUT2D eigenvalue weighted by molar-refractivity contribution is 7.91. The van der Waals surface area contributed by atoms with E-state index in [2.05, 4.69) is 0 Å². The second-order valence-corrected chi connectivity index (χ2v) is 4.53. The number of rotatable bonds is 5. The molecule has 0 spiro atoms. The first-order valence-electron chi connectivity index (χ1n) is 3.43. The van der Waals surface area contributed by atoms with E-state index in [9.17, 15) is 8.42 Å². The molecule has 0 aliphatic heterocycles. The van der Waals surface area contributed by atoms with Crippen molar-refractivity contribution in [3.63, 3.8) is 0 Å². The molecule has 0 unspecified atom stereocenters. The van der Waals surface area contributed by atoms with Gasteiger partial charge < -0.3 is 5.11 Å². The minimum Gasteiger partial charge on any atom is -0.395 e. The van der Waals surface area contributed by atoms with Crippen LogP contribution in [0.25, 0.3) is 0 Å². The minimum atomic E-state index is -2.94. The van der Waals surface area contributed by atoms with Gasteiger partial charge in [-0.1, -0.05) is 13.3 Å². The maximum atomic E-state index is 10.8. The molecule has 3 nitrogen and oxygen atoms in total. The van der Waals surface area contributed by atoms with Crippen LogP contribution in [-0.4, -0.2) is 31.6 Å². The third-order valence-corrected chi connectivity index (χ3v) is 2.93. The lowest BCUT2D eigenvalue weighted by molar-refractivity contribution is 0.319. The predicted octanol–water partition coefficient (Wildman–Crippen LogP) is 0.194. The molecule has 0 radical (unpaired) electrons. The van der Waals surface area contributed by atoms with Gasteiger partial charge in [-0.25, -0.2) is 8.42 Å². The summed E-state index contributed by atoms with van der Waals surface area (Å²) in [6, 6.07) is 0. The molecule has 0 aliphatic carbocycles. The zero-order valence-corrected chi connectivity index (χ0v) is 7.02. The Labute approximate surface area is 62.0 Å². The number of hydrogen-bond donors (Lipinski definition) is 1. The summed E-state index contributed by atoms with van der Waals surface area (Å²) in [6.45, 7) is 1.68. The Morgan fingerprint density at radius 1 is 1.30 bits per heavy atom. The highest BCUT2D eigenvalue weighted by Gasteiger charge is 2.07. The van der Waals surface area contributed by atoms with E-state index >= 15 is 0 Å². The van der Waals surface area contributed by atoms with Crippen molar-refractivity contribution in [1.29, 1.82) is 0 Å². The molecule has 1 N–H and O–H groups in total. The van der Waals surface area contributed by atoms with Crippen LogP contribution in [0.4, 0.5) is 0 Å². The van der Waals surface area contributed by atoms with Crippen molar-refractivity contribution in [3.8, 4) is 0 Å². The zero-order chi connectivity index (χ0) is 8.04. The maximum Gasteiger partial charge on any atom is 0.152 e. The average Bonchev–Trinajstić information content (AvgIpc) is 1.84. The zero-order valence-electron chi connectivity index (χ0n) is 6.21. The number of hydrogen-bond acceptors (Lipinski definition) is 3. The van der Waals surface area contributed by atoms with E-state index in [1.807, 2.05) is 6.92 Å². The molecule has 0 aromatic carbocycles. The molecule has 0 saturated heterocycles. The van der Waals surface area contributed by atoms with Crippen molar-refractivity contribution in [3.05, 3.63) is 0 Å². The summed E-state index contributed by atoms with van der Waals surface area (Å²) in [5.41, 5.74) is 0. The third kappa shape index (κ3) is 4.76. The van der Waals surface area contributed by atoms with Gasteiger partial charge in [0.15, 0.2) is 9.84 Å². The second-order valence-electron chi connectivity index (χ2n) is 2.23. The summed E-state index contributed by atoms with van der Waals surface area (Å²) in [6.07, 6.45) is 1.58. The Balaban J connectivity index is 3.65. The molecular weight excluding hydrogens is 152 g/mol. The summed E-state index contributed by atoms with van der Waals surface area (Å²) >= 11 is 0. The Morgan fingerprint density at radius 3 is 2.30 bits per heavy atom. The van der Waals surface area contributed by atoms with Crippen molar-refractivity contribution in [2.24, 2.45) is 0 Å². The van der Waals surface area contributed by atoms with Crippen molar-refractivity contribution < 1.29 is 13.5 Å². The maximum absolute atomic E-state index is 10.8. The molecule has 0 saturated carbocycles. The number of unbranched alkanes of at least 4 members (excludes halogenated alkanes) is 1. The fourth-order valence-electron chi connectivity index (χ4n) is 0.605. The van der Waals surface area contributed by atoms with Gasteiger partial charge in [-0.2, -0.15) is 0 Å². The Bertz CT molecular complexity index is 160. The largest absolute Gasteiger partial charge is 0.395 e. The van der Waals surface area contributed by atoms with E-state index in [0.29, 0.717) is 6.42 Å².